The van der Waals surface area contributed by atoms with Crippen LogP contribution in [0.25, 0.3) is 0 Å². The van der Waals surface area contributed by atoms with E-state index in [4.69, 9.17) is 0 Å². The summed E-state index contributed by atoms with van der Waals surface area (Å²) in [6, 6.07) is 0.580. The summed E-state index contributed by atoms with van der Waals surface area (Å²) in [5.74, 6) is 1.71. The van der Waals surface area contributed by atoms with Crippen molar-refractivity contribution in [1.29, 1.82) is 0 Å². The average Bonchev–Trinajstić information content (AvgIpc) is 2.56. The van der Waals surface area contributed by atoms with E-state index in [2.05, 4.69) is 55.7 Å². The van der Waals surface area contributed by atoms with E-state index in [1.807, 2.05) is 0 Å². The minimum Gasteiger partial charge on any atom is -0.353 e. The van der Waals surface area contributed by atoms with Gasteiger partial charge in [0.05, 0.1) is 5.69 Å². The minimum absolute atomic E-state index is 0.473. The van der Waals surface area contributed by atoms with E-state index in [-0.39, 0.29) is 0 Å². The fraction of sp³-hybridized carbons (Fsp3) is 0.812. The maximum atomic E-state index is 4.66. The van der Waals surface area contributed by atoms with E-state index in [1.165, 1.54) is 25.7 Å². The highest BCUT2D eigenvalue weighted by atomic mass is 15.2. The lowest BCUT2D eigenvalue weighted by molar-refractivity contribution is 0.229. The molecule has 108 valence electrons. The van der Waals surface area contributed by atoms with E-state index in [0.717, 1.165) is 18.2 Å². The van der Waals surface area contributed by atoms with Crippen molar-refractivity contribution in [3.8, 4) is 0 Å². The van der Waals surface area contributed by atoms with E-state index in [9.17, 15) is 0 Å². The molecule has 0 aromatic carbocycles. The number of nitrogens with zero attached hydrogens (tertiary/aromatic N) is 2. The molecule has 1 N–H and O–H groups in total. The fourth-order valence-corrected chi connectivity index (χ4v) is 3.20. The molecule has 1 heterocycles. The largest absolute Gasteiger partial charge is 0.353 e. The number of aryl methyl sites for hydroxylation is 1. The summed E-state index contributed by atoms with van der Waals surface area (Å²) < 4.78 is 2.28. The predicted molar refractivity (Wildman–Crippen MR) is 81.5 cm³/mol. The van der Waals surface area contributed by atoms with E-state index >= 15 is 0 Å². The summed E-state index contributed by atoms with van der Waals surface area (Å²) >= 11 is 0. The van der Waals surface area contributed by atoms with Crippen molar-refractivity contribution in [3.05, 3.63) is 11.9 Å². The monoisotopic (exact) mass is 263 g/mol. The van der Waals surface area contributed by atoms with Gasteiger partial charge < -0.3 is 9.88 Å². The van der Waals surface area contributed by atoms with Crippen LogP contribution < -0.4 is 5.32 Å². The highest BCUT2D eigenvalue weighted by Crippen LogP contribution is 2.36. The first-order chi connectivity index (χ1) is 8.85. The van der Waals surface area contributed by atoms with Gasteiger partial charge in [0.25, 0.3) is 0 Å². The van der Waals surface area contributed by atoms with Crippen LogP contribution in [-0.2, 0) is 6.54 Å². The molecule has 0 spiro atoms. The van der Waals surface area contributed by atoms with E-state index in [1.54, 1.807) is 0 Å². The molecule has 0 bridgehead atoms. The van der Waals surface area contributed by atoms with Crippen molar-refractivity contribution in [2.45, 2.75) is 72.9 Å². The number of rotatable bonds is 4. The zero-order valence-electron chi connectivity index (χ0n) is 13.2. The third-order valence-corrected chi connectivity index (χ3v) is 4.00. The van der Waals surface area contributed by atoms with Gasteiger partial charge in [-0.15, -0.1) is 0 Å². The molecular formula is C16H29N3. The number of hydrogen-bond donors (Lipinski definition) is 1. The Balaban J connectivity index is 2.06. The number of nitrogens with one attached hydrogen (secondary N) is 1. The molecule has 3 nitrogen and oxygen atoms in total. The lowest BCUT2D eigenvalue weighted by atomic mass is 9.75. The first-order valence-electron chi connectivity index (χ1n) is 7.66. The third-order valence-electron chi connectivity index (χ3n) is 4.00. The summed E-state index contributed by atoms with van der Waals surface area (Å²) in [5.41, 5.74) is 1.58. The van der Waals surface area contributed by atoms with Crippen LogP contribution >= 0.6 is 0 Å². The van der Waals surface area contributed by atoms with Crippen LogP contribution in [-0.4, -0.2) is 15.6 Å². The van der Waals surface area contributed by atoms with Gasteiger partial charge in [-0.25, -0.2) is 4.98 Å². The molecule has 0 saturated heterocycles. The van der Waals surface area contributed by atoms with E-state index in [0.29, 0.717) is 17.4 Å². The molecule has 2 rings (SSSR count). The normalized spacial score (nSPS) is 22.7. The van der Waals surface area contributed by atoms with Crippen LogP contribution in [0.15, 0.2) is 6.20 Å². The number of aromatic nitrogens is 2. The zero-order chi connectivity index (χ0) is 14.0. The van der Waals surface area contributed by atoms with Crippen LogP contribution in [0.5, 0.6) is 0 Å². The van der Waals surface area contributed by atoms with Crippen LogP contribution in [0.4, 0.5) is 5.95 Å². The van der Waals surface area contributed by atoms with Crippen molar-refractivity contribution in [3.63, 3.8) is 0 Å². The Morgan fingerprint density at radius 3 is 2.84 bits per heavy atom. The number of hydrogen-bond acceptors (Lipinski definition) is 2. The molecule has 1 aromatic rings. The Bertz CT molecular complexity index is 418. The van der Waals surface area contributed by atoms with Crippen molar-refractivity contribution in [2.24, 2.45) is 11.3 Å². The maximum absolute atomic E-state index is 4.66. The fourth-order valence-electron chi connectivity index (χ4n) is 3.20. The molecule has 1 aliphatic carbocycles. The van der Waals surface area contributed by atoms with Crippen molar-refractivity contribution in [1.82, 2.24) is 9.55 Å². The Morgan fingerprint density at radius 2 is 2.21 bits per heavy atom. The van der Waals surface area contributed by atoms with Gasteiger partial charge in [-0.2, -0.15) is 0 Å². The SMILES string of the molecule is Cc1cn(CC(C)C)c(NC2CCCC(C)(C)C2)n1. The quantitative estimate of drug-likeness (QED) is 0.881. The second-order valence-electron chi connectivity index (χ2n) is 7.35. The summed E-state index contributed by atoms with van der Waals surface area (Å²) in [4.78, 5) is 4.66. The summed E-state index contributed by atoms with van der Waals surface area (Å²) in [6.45, 7) is 12.4. The first-order valence-corrected chi connectivity index (χ1v) is 7.66. The molecule has 1 unspecified atom stereocenters. The van der Waals surface area contributed by atoms with Crippen molar-refractivity contribution >= 4 is 5.95 Å². The highest BCUT2D eigenvalue weighted by molar-refractivity contribution is 5.30. The Labute approximate surface area is 117 Å². The molecule has 0 aliphatic heterocycles. The smallest absolute Gasteiger partial charge is 0.203 e. The van der Waals surface area contributed by atoms with Crippen LogP contribution in [0.3, 0.4) is 0 Å². The second-order valence-corrected chi connectivity index (χ2v) is 7.35. The summed E-state index contributed by atoms with van der Waals surface area (Å²) in [6.07, 6.45) is 7.37. The molecule has 3 heteroatoms. The molecule has 19 heavy (non-hydrogen) atoms. The maximum Gasteiger partial charge on any atom is 0.203 e. The summed E-state index contributed by atoms with van der Waals surface area (Å²) in [7, 11) is 0. The second kappa shape index (κ2) is 5.56. The third kappa shape index (κ3) is 3.99. The van der Waals surface area contributed by atoms with Gasteiger partial charge in [0.2, 0.25) is 5.95 Å². The molecule has 1 aromatic heterocycles. The molecule has 1 saturated carbocycles. The summed E-state index contributed by atoms with van der Waals surface area (Å²) in [5, 5.41) is 3.68. The van der Waals surface area contributed by atoms with Crippen LogP contribution in [0, 0.1) is 18.3 Å². The molecule has 1 aliphatic rings. The molecular weight excluding hydrogens is 234 g/mol. The van der Waals surface area contributed by atoms with E-state index < -0.39 is 0 Å². The van der Waals surface area contributed by atoms with Gasteiger partial charge in [0.1, 0.15) is 0 Å². The number of anilines is 1. The van der Waals surface area contributed by atoms with Gasteiger partial charge in [-0.3, -0.25) is 0 Å². The standard InChI is InChI=1S/C16H29N3/c1-12(2)10-19-11-13(3)17-15(19)18-14-7-6-8-16(4,5)9-14/h11-12,14H,6-10H2,1-5H3,(H,17,18). The van der Waals surface area contributed by atoms with Crippen LogP contribution in [0.1, 0.15) is 59.1 Å². The zero-order valence-corrected chi connectivity index (χ0v) is 13.2. The highest BCUT2D eigenvalue weighted by Gasteiger charge is 2.28. The Hall–Kier alpha value is -0.990. The lowest BCUT2D eigenvalue weighted by Gasteiger charge is -2.35. The predicted octanol–water partition coefficient (Wildman–Crippen LogP) is 4.23. The van der Waals surface area contributed by atoms with Gasteiger partial charge in [-0.05, 0) is 37.5 Å². The first kappa shape index (κ1) is 14.4. The van der Waals surface area contributed by atoms with Gasteiger partial charge in [-0.1, -0.05) is 34.1 Å². The molecule has 1 atom stereocenters. The van der Waals surface area contributed by atoms with Crippen LogP contribution in [0.2, 0.25) is 0 Å². The Morgan fingerprint density at radius 1 is 1.47 bits per heavy atom. The lowest BCUT2D eigenvalue weighted by Crippen LogP contribution is -2.32. The Kier molecular flexibility index (Phi) is 4.22. The number of imidazole rings is 1. The molecule has 0 radical (unpaired) electrons. The molecule has 0 amide bonds. The van der Waals surface area contributed by atoms with Gasteiger partial charge in [0, 0.05) is 18.8 Å². The molecule has 1 fully saturated rings. The van der Waals surface area contributed by atoms with Gasteiger partial charge >= 0.3 is 0 Å². The van der Waals surface area contributed by atoms with Gasteiger partial charge in [0.15, 0.2) is 0 Å². The van der Waals surface area contributed by atoms with Crippen molar-refractivity contribution in [2.75, 3.05) is 5.32 Å². The minimum atomic E-state index is 0.473. The average molecular weight is 263 g/mol. The topological polar surface area (TPSA) is 29.9 Å². The van der Waals surface area contributed by atoms with Crippen molar-refractivity contribution < 1.29 is 0 Å².